The number of nitrogens with one attached hydrogen (secondary N) is 1. The first-order valence-electron chi connectivity index (χ1n) is 7.46. The molecule has 0 unspecified atom stereocenters. The lowest BCUT2D eigenvalue weighted by Gasteiger charge is -2.11. The van der Waals surface area contributed by atoms with Gasteiger partial charge in [-0.15, -0.1) is 11.3 Å². The molecule has 114 valence electrons. The predicted molar refractivity (Wildman–Crippen MR) is 86.8 cm³/mol. The molecule has 0 aliphatic carbocycles. The van der Waals surface area contributed by atoms with Gasteiger partial charge in [0.25, 0.3) is 0 Å². The van der Waals surface area contributed by atoms with Crippen LogP contribution in [0.2, 0.25) is 0 Å². The van der Waals surface area contributed by atoms with Crippen LogP contribution in [-0.2, 0) is 19.6 Å². The van der Waals surface area contributed by atoms with E-state index in [9.17, 15) is 0 Å². The summed E-state index contributed by atoms with van der Waals surface area (Å²) in [6.45, 7) is 8.40. The molecule has 1 N–H and O–H groups in total. The first-order valence-corrected chi connectivity index (χ1v) is 8.34. The van der Waals surface area contributed by atoms with Gasteiger partial charge in [0.05, 0.1) is 16.4 Å². The van der Waals surface area contributed by atoms with Crippen LogP contribution < -0.4 is 10.1 Å². The summed E-state index contributed by atoms with van der Waals surface area (Å²) in [4.78, 5) is 9.13. The van der Waals surface area contributed by atoms with Crippen molar-refractivity contribution >= 4 is 11.3 Å². The van der Waals surface area contributed by atoms with E-state index in [4.69, 9.17) is 4.74 Å². The minimum absolute atomic E-state index is 0.504. The fourth-order valence-corrected chi connectivity index (χ4v) is 2.88. The van der Waals surface area contributed by atoms with Crippen molar-refractivity contribution in [3.05, 3.63) is 39.6 Å². The number of aryl methyl sites for hydroxylation is 2. The van der Waals surface area contributed by atoms with Gasteiger partial charge in [0.2, 0.25) is 0 Å². The van der Waals surface area contributed by atoms with Gasteiger partial charge in [-0.3, -0.25) is 4.98 Å². The summed E-state index contributed by atoms with van der Waals surface area (Å²) in [5.41, 5.74) is 2.97. The summed E-state index contributed by atoms with van der Waals surface area (Å²) in [7, 11) is 0. The Bertz CT molecular complexity index is 568. The quantitative estimate of drug-likeness (QED) is 0.811. The number of pyridine rings is 1. The van der Waals surface area contributed by atoms with E-state index < -0.39 is 0 Å². The molecule has 0 fully saturated rings. The topological polar surface area (TPSA) is 47.0 Å². The smallest absolute Gasteiger partial charge is 0.142 e. The molecule has 2 rings (SSSR count). The summed E-state index contributed by atoms with van der Waals surface area (Å²) in [5.74, 6) is 0.839. The highest BCUT2D eigenvalue weighted by atomic mass is 32.1. The number of nitrogens with zero attached hydrogens (tertiary/aromatic N) is 2. The maximum absolute atomic E-state index is 5.91. The number of thiazole rings is 1. The Morgan fingerprint density at radius 1 is 1.24 bits per heavy atom. The monoisotopic (exact) mass is 305 g/mol. The Balaban J connectivity index is 2.00. The lowest BCUT2D eigenvalue weighted by atomic mass is 10.3. The van der Waals surface area contributed by atoms with Crippen molar-refractivity contribution < 1.29 is 4.74 Å². The van der Waals surface area contributed by atoms with Gasteiger partial charge in [0.15, 0.2) is 0 Å². The van der Waals surface area contributed by atoms with Gasteiger partial charge in [-0.1, -0.05) is 13.8 Å². The summed E-state index contributed by atoms with van der Waals surface area (Å²) < 4.78 is 5.91. The van der Waals surface area contributed by atoms with E-state index in [1.807, 2.05) is 19.1 Å². The highest BCUT2D eigenvalue weighted by Gasteiger charge is 2.07. The van der Waals surface area contributed by atoms with Crippen molar-refractivity contribution in [3.8, 4) is 5.75 Å². The van der Waals surface area contributed by atoms with E-state index in [0.29, 0.717) is 6.61 Å². The fraction of sp³-hybridized carbons (Fsp3) is 0.500. The largest absolute Gasteiger partial charge is 0.485 e. The molecule has 0 aliphatic rings. The first-order chi connectivity index (χ1) is 10.2. The maximum Gasteiger partial charge on any atom is 0.142 e. The van der Waals surface area contributed by atoms with Gasteiger partial charge in [0, 0.05) is 17.6 Å². The molecule has 4 nitrogen and oxygen atoms in total. The summed E-state index contributed by atoms with van der Waals surface area (Å²) in [5, 5.41) is 6.56. The number of rotatable bonds is 8. The molecule has 0 saturated carbocycles. The van der Waals surface area contributed by atoms with Gasteiger partial charge in [0.1, 0.15) is 12.4 Å². The maximum atomic E-state index is 5.91. The molecular formula is C16H23N3OS. The predicted octanol–water partition coefficient (Wildman–Crippen LogP) is 3.49. The zero-order valence-corrected chi connectivity index (χ0v) is 13.8. The highest BCUT2D eigenvalue weighted by Crippen LogP contribution is 2.19. The molecular weight excluding hydrogens is 282 g/mol. The van der Waals surface area contributed by atoms with Gasteiger partial charge in [-0.2, -0.15) is 0 Å². The SMILES string of the molecule is CCCc1nc(COc2ccc(C)nc2CNCC)cs1. The van der Waals surface area contributed by atoms with Crippen LogP contribution in [0.5, 0.6) is 5.75 Å². The van der Waals surface area contributed by atoms with E-state index in [2.05, 4.69) is 34.5 Å². The average Bonchev–Trinajstić information content (AvgIpc) is 2.92. The number of hydrogen-bond donors (Lipinski definition) is 1. The molecule has 2 aromatic heterocycles. The van der Waals surface area contributed by atoms with Crippen molar-refractivity contribution in [1.29, 1.82) is 0 Å². The molecule has 0 aliphatic heterocycles. The third kappa shape index (κ3) is 4.79. The van der Waals surface area contributed by atoms with Crippen molar-refractivity contribution in [1.82, 2.24) is 15.3 Å². The lowest BCUT2D eigenvalue weighted by Crippen LogP contribution is -2.14. The van der Waals surface area contributed by atoms with Crippen molar-refractivity contribution in [2.75, 3.05) is 6.54 Å². The molecule has 0 aromatic carbocycles. The van der Waals surface area contributed by atoms with E-state index >= 15 is 0 Å². The fourth-order valence-electron chi connectivity index (χ4n) is 1.99. The van der Waals surface area contributed by atoms with Crippen LogP contribution in [0.1, 0.15) is 42.4 Å². The Morgan fingerprint density at radius 3 is 2.86 bits per heavy atom. The first kappa shape index (κ1) is 15.9. The highest BCUT2D eigenvalue weighted by molar-refractivity contribution is 7.09. The van der Waals surface area contributed by atoms with Crippen LogP contribution in [0.15, 0.2) is 17.5 Å². The Morgan fingerprint density at radius 2 is 2.10 bits per heavy atom. The molecule has 21 heavy (non-hydrogen) atoms. The van der Waals surface area contributed by atoms with E-state index in [1.54, 1.807) is 11.3 Å². The third-order valence-corrected chi connectivity index (χ3v) is 4.01. The normalized spacial score (nSPS) is 10.8. The average molecular weight is 305 g/mol. The summed E-state index contributed by atoms with van der Waals surface area (Å²) >= 11 is 1.71. The molecule has 0 atom stereocenters. The van der Waals surface area contributed by atoms with Crippen molar-refractivity contribution in [2.24, 2.45) is 0 Å². The van der Waals surface area contributed by atoms with Gasteiger partial charge in [-0.05, 0) is 38.4 Å². The second-order valence-electron chi connectivity index (χ2n) is 4.95. The van der Waals surface area contributed by atoms with E-state index in [1.165, 1.54) is 5.01 Å². The molecule has 5 heteroatoms. The van der Waals surface area contributed by atoms with E-state index in [-0.39, 0.29) is 0 Å². The molecule has 2 aromatic rings. The minimum Gasteiger partial charge on any atom is -0.485 e. The van der Waals surface area contributed by atoms with Gasteiger partial charge < -0.3 is 10.1 Å². The van der Waals surface area contributed by atoms with Crippen LogP contribution in [0.25, 0.3) is 0 Å². The van der Waals surface area contributed by atoms with Crippen LogP contribution in [-0.4, -0.2) is 16.5 Å². The minimum atomic E-state index is 0.504. The zero-order chi connectivity index (χ0) is 15.1. The molecule has 0 amide bonds. The Hall–Kier alpha value is -1.46. The van der Waals surface area contributed by atoms with Gasteiger partial charge in [-0.25, -0.2) is 4.98 Å². The Labute approximate surface area is 130 Å². The van der Waals surface area contributed by atoms with Crippen LogP contribution in [0.4, 0.5) is 0 Å². The molecule has 0 bridgehead atoms. The number of ether oxygens (including phenoxy) is 1. The number of hydrogen-bond acceptors (Lipinski definition) is 5. The van der Waals surface area contributed by atoms with Crippen molar-refractivity contribution in [3.63, 3.8) is 0 Å². The lowest BCUT2D eigenvalue weighted by molar-refractivity contribution is 0.296. The summed E-state index contributed by atoms with van der Waals surface area (Å²) in [6.07, 6.45) is 2.17. The van der Waals surface area contributed by atoms with Crippen LogP contribution >= 0.6 is 11.3 Å². The Kier molecular flexibility index (Phi) is 6.14. The summed E-state index contributed by atoms with van der Waals surface area (Å²) in [6, 6.07) is 3.97. The zero-order valence-electron chi connectivity index (χ0n) is 13.0. The molecule has 0 spiro atoms. The standard InChI is InChI=1S/C16H23N3OS/c1-4-6-16-19-13(11-21-16)10-20-15-8-7-12(3)18-14(15)9-17-5-2/h7-8,11,17H,4-6,9-10H2,1-3H3. The van der Waals surface area contributed by atoms with E-state index in [0.717, 1.165) is 48.8 Å². The second-order valence-corrected chi connectivity index (χ2v) is 5.89. The third-order valence-electron chi connectivity index (χ3n) is 3.05. The number of aromatic nitrogens is 2. The van der Waals surface area contributed by atoms with Crippen LogP contribution in [0, 0.1) is 6.92 Å². The van der Waals surface area contributed by atoms with Crippen molar-refractivity contribution in [2.45, 2.75) is 46.8 Å². The molecule has 0 radical (unpaired) electrons. The van der Waals surface area contributed by atoms with Crippen LogP contribution in [0.3, 0.4) is 0 Å². The second kappa shape index (κ2) is 8.10. The molecule has 2 heterocycles. The molecule has 0 saturated heterocycles. The van der Waals surface area contributed by atoms with Gasteiger partial charge >= 0.3 is 0 Å².